The molecule has 0 aliphatic heterocycles. The second kappa shape index (κ2) is 7.51. The molecule has 0 atom stereocenters. The first-order valence-electron chi connectivity index (χ1n) is 8.70. The quantitative estimate of drug-likeness (QED) is 0.677. The Morgan fingerprint density at radius 3 is 2.46 bits per heavy atom. The van der Waals surface area contributed by atoms with Gasteiger partial charge in [0.05, 0.1) is 28.1 Å². The topological polar surface area (TPSA) is 99.4 Å². The van der Waals surface area contributed by atoms with Gasteiger partial charge in [0.25, 0.3) is 15.6 Å². The maximum atomic E-state index is 12.9. The molecule has 0 aliphatic carbocycles. The van der Waals surface area contributed by atoms with Gasteiger partial charge in [-0.3, -0.25) is 18.7 Å². The van der Waals surface area contributed by atoms with Crippen molar-refractivity contribution in [3.8, 4) is 5.75 Å². The van der Waals surface area contributed by atoms with E-state index >= 15 is 0 Å². The Balaban J connectivity index is 2.07. The van der Waals surface area contributed by atoms with Gasteiger partial charge in [-0.2, -0.15) is 0 Å². The van der Waals surface area contributed by atoms with Crippen LogP contribution in [0, 0.1) is 0 Å². The highest BCUT2D eigenvalue weighted by molar-refractivity contribution is 7.92. The molecule has 1 N–H and O–H groups in total. The van der Waals surface area contributed by atoms with Gasteiger partial charge in [-0.25, -0.2) is 13.2 Å². The van der Waals surface area contributed by atoms with Crippen LogP contribution in [0.2, 0.25) is 0 Å². The summed E-state index contributed by atoms with van der Waals surface area (Å²) >= 11 is 0. The molecule has 0 amide bonds. The highest BCUT2D eigenvalue weighted by Crippen LogP contribution is 2.27. The van der Waals surface area contributed by atoms with Crippen LogP contribution in [-0.2, 0) is 24.1 Å². The summed E-state index contributed by atoms with van der Waals surface area (Å²) < 4.78 is 36.1. The molecule has 1 aromatic heterocycles. The van der Waals surface area contributed by atoms with Crippen LogP contribution in [0.5, 0.6) is 5.75 Å². The Hall–Kier alpha value is -3.07. The van der Waals surface area contributed by atoms with Crippen molar-refractivity contribution < 1.29 is 13.2 Å². The smallest absolute Gasteiger partial charge is 0.330 e. The molecule has 0 saturated carbocycles. The lowest BCUT2D eigenvalue weighted by molar-refractivity contribution is 0.319. The largest absolute Gasteiger partial charge is 0.491 e. The maximum absolute atomic E-state index is 12.9. The van der Waals surface area contributed by atoms with Gasteiger partial charge < -0.3 is 4.74 Å². The number of aromatic nitrogens is 2. The first-order valence-corrected chi connectivity index (χ1v) is 10.2. The van der Waals surface area contributed by atoms with Crippen LogP contribution in [0.4, 0.5) is 5.69 Å². The Kier molecular flexibility index (Phi) is 5.28. The molecule has 3 aromatic rings. The number of hydrogen-bond acceptors (Lipinski definition) is 5. The summed E-state index contributed by atoms with van der Waals surface area (Å²) in [5, 5.41) is 0.142. The van der Waals surface area contributed by atoms with Crippen molar-refractivity contribution in [3.05, 3.63) is 63.3 Å². The second-order valence-electron chi connectivity index (χ2n) is 6.33. The minimum Gasteiger partial charge on any atom is -0.491 e. The maximum Gasteiger partial charge on any atom is 0.330 e. The molecule has 28 heavy (non-hydrogen) atoms. The summed E-state index contributed by atoms with van der Waals surface area (Å²) in [5.74, 6) is 0.423. The molecular formula is C19H21N3O5S. The molecule has 148 valence electrons. The average molecular weight is 403 g/mol. The summed E-state index contributed by atoms with van der Waals surface area (Å²) in [6.45, 7) is 2.41. The lowest BCUT2D eigenvalue weighted by Gasteiger charge is -2.14. The molecule has 2 aromatic carbocycles. The zero-order valence-electron chi connectivity index (χ0n) is 15.8. The van der Waals surface area contributed by atoms with Crippen LogP contribution < -0.4 is 20.7 Å². The van der Waals surface area contributed by atoms with Crippen molar-refractivity contribution >= 4 is 26.6 Å². The number of anilines is 1. The van der Waals surface area contributed by atoms with Crippen LogP contribution in [0.15, 0.2) is 56.9 Å². The number of ether oxygens (including phenoxy) is 1. The van der Waals surface area contributed by atoms with Gasteiger partial charge in [-0.05, 0) is 36.8 Å². The van der Waals surface area contributed by atoms with Gasteiger partial charge in [0.1, 0.15) is 5.75 Å². The van der Waals surface area contributed by atoms with Crippen molar-refractivity contribution in [1.82, 2.24) is 9.13 Å². The number of fused-ring (bicyclic) bond motifs is 1. The van der Waals surface area contributed by atoms with Crippen LogP contribution in [-0.4, -0.2) is 24.2 Å². The fraction of sp³-hybridized carbons (Fsp3) is 0.263. The van der Waals surface area contributed by atoms with E-state index in [0.717, 1.165) is 11.0 Å². The summed E-state index contributed by atoms with van der Waals surface area (Å²) in [6, 6.07) is 10.8. The van der Waals surface area contributed by atoms with E-state index in [-0.39, 0.29) is 10.3 Å². The first-order chi connectivity index (χ1) is 13.3. The van der Waals surface area contributed by atoms with Gasteiger partial charge in [-0.1, -0.05) is 19.1 Å². The molecule has 0 spiro atoms. The molecule has 8 nitrogen and oxygen atoms in total. The highest BCUT2D eigenvalue weighted by atomic mass is 32.2. The third kappa shape index (κ3) is 3.53. The summed E-state index contributed by atoms with van der Waals surface area (Å²) in [4.78, 5) is 24.4. The lowest BCUT2D eigenvalue weighted by atomic mass is 10.2. The van der Waals surface area contributed by atoms with Crippen LogP contribution in [0.25, 0.3) is 10.9 Å². The van der Waals surface area contributed by atoms with E-state index in [2.05, 4.69) is 4.72 Å². The number of sulfonamides is 1. The molecule has 0 unspecified atom stereocenters. The van der Waals surface area contributed by atoms with E-state index < -0.39 is 21.3 Å². The standard InChI is InChI=1S/C19H21N3O5S/c1-4-11-27-17-8-6-5-7-15(17)20-28(25,26)13-9-10-16-14(12-13)18(23)22(3)19(24)21(16)2/h5-10,12,20H,4,11H2,1-3H3. The molecule has 3 rings (SSSR count). The van der Waals surface area contributed by atoms with E-state index in [1.165, 1.54) is 36.9 Å². The van der Waals surface area contributed by atoms with E-state index in [1.807, 2.05) is 6.92 Å². The minimum atomic E-state index is -3.97. The number of nitrogens with one attached hydrogen (secondary N) is 1. The third-order valence-electron chi connectivity index (χ3n) is 4.34. The molecule has 0 saturated heterocycles. The average Bonchev–Trinajstić information content (AvgIpc) is 2.69. The minimum absolute atomic E-state index is 0.0824. The van der Waals surface area contributed by atoms with Gasteiger partial charge in [-0.15, -0.1) is 0 Å². The normalized spacial score (nSPS) is 11.5. The Labute approximate surface area is 162 Å². The Bertz CT molecular complexity index is 1260. The molecule has 0 radical (unpaired) electrons. The number of aryl methyl sites for hydroxylation is 1. The molecule has 0 aliphatic rings. The highest BCUT2D eigenvalue weighted by Gasteiger charge is 2.19. The van der Waals surface area contributed by atoms with Crippen LogP contribution >= 0.6 is 0 Å². The van der Waals surface area contributed by atoms with E-state index in [9.17, 15) is 18.0 Å². The third-order valence-corrected chi connectivity index (χ3v) is 5.70. The van der Waals surface area contributed by atoms with E-state index in [0.29, 0.717) is 23.6 Å². The molecule has 9 heteroatoms. The summed E-state index contributed by atoms with van der Waals surface area (Å²) in [7, 11) is -1.09. The number of nitrogens with zero attached hydrogens (tertiary/aromatic N) is 2. The number of rotatable bonds is 6. The lowest BCUT2D eigenvalue weighted by Crippen LogP contribution is -2.37. The Morgan fingerprint density at radius 2 is 1.75 bits per heavy atom. The van der Waals surface area contributed by atoms with Gasteiger partial charge in [0, 0.05) is 14.1 Å². The first kappa shape index (κ1) is 19.7. The molecular weight excluding hydrogens is 382 g/mol. The fourth-order valence-electron chi connectivity index (χ4n) is 2.83. The van der Waals surface area contributed by atoms with Crippen molar-refractivity contribution in [2.45, 2.75) is 18.2 Å². The van der Waals surface area contributed by atoms with Crippen molar-refractivity contribution in [1.29, 1.82) is 0 Å². The van der Waals surface area contributed by atoms with Crippen LogP contribution in [0.1, 0.15) is 13.3 Å². The monoisotopic (exact) mass is 403 g/mol. The predicted molar refractivity (Wildman–Crippen MR) is 107 cm³/mol. The number of benzene rings is 2. The van der Waals surface area contributed by atoms with Crippen molar-refractivity contribution in [2.24, 2.45) is 14.1 Å². The summed E-state index contributed by atoms with van der Waals surface area (Å²) in [6.07, 6.45) is 0.785. The van der Waals surface area contributed by atoms with Gasteiger partial charge in [0.2, 0.25) is 0 Å². The molecule has 1 heterocycles. The zero-order chi connectivity index (χ0) is 20.5. The van der Waals surface area contributed by atoms with Crippen molar-refractivity contribution in [3.63, 3.8) is 0 Å². The second-order valence-corrected chi connectivity index (χ2v) is 8.02. The predicted octanol–water partition coefficient (Wildman–Crippen LogP) is 1.83. The zero-order valence-corrected chi connectivity index (χ0v) is 16.6. The van der Waals surface area contributed by atoms with Gasteiger partial charge >= 0.3 is 5.69 Å². The van der Waals surface area contributed by atoms with Crippen molar-refractivity contribution in [2.75, 3.05) is 11.3 Å². The van der Waals surface area contributed by atoms with E-state index in [4.69, 9.17) is 4.74 Å². The Morgan fingerprint density at radius 1 is 1.04 bits per heavy atom. The van der Waals surface area contributed by atoms with E-state index in [1.54, 1.807) is 24.3 Å². The molecule has 0 bridgehead atoms. The molecule has 0 fully saturated rings. The SMILES string of the molecule is CCCOc1ccccc1NS(=O)(=O)c1ccc2c(c1)c(=O)n(C)c(=O)n2C. The summed E-state index contributed by atoms with van der Waals surface area (Å²) in [5.41, 5.74) is -0.363. The van der Waals surface area contributed by atoms with Crippen LogP contribution in [0.3, 0.4) is 0 Å². The van der Waals surface area contributed by atoms with Gasteiger partial charge in [0.15, 0.2) is 0 Å². The fourth-order valence-corrected chi connectivity index (χ4v) is 3.93. The number of hydrogen-bond donors (Lipinski definition) is 1. The number of para-hydroxylation sites is 2.